The average Bonchev–Trinajstić information content (AvgIpc) is 3.01. The first-order valence-electron chi connectivity index (χ1n) is 13.7. The Morgan fingerprint density at radius 3 is 1.02 bits per heavy atom. The van der Waals surface area contributed by atoms with E-state index in [9.17, 15) is 0 Å². The molecule has 0 heterocycles. The van der Waals surface area contributed by atoms with Gasteiger partial charge in [-0.3, -0.25) is 0 Å². The molecule has 0 radical (unpaired) electrons. The molecule has 0 saturated heterocycles. The summed E-state index contributed by atoms with van der Waals surface area (Å²) in [5.41, 5.74) is 4.81. The molecule has 0 saturated carbocycles. The fraction of sp³-hybridized carbons (Fsp3) is 0.0526. The van der Waals surface area contributed by atoms with E-state index in [0.717, 1.165) is 47.3 Å². The van der Waals surface area contributed by atoms with Crippen molar-refractivity contribution in [3.63, 3.8) is 0 Å². The lowest BCUT2D eigenvalue weighted by Gasteiger charge is -2.10. The molecule has 0 amide bonds. The highest BCUT2D eigenvalue weighted by molar-refractivity contribution is 5.40. The molecular formula is C38H30O3. The van der Waals surface area contributed by atoms with E-state index in [0.29, 0.717) is 0 Å². The summed E-state index contributed by atoms with van der Waals surface area (Å²) in [5.74, 6) is 4.97. The van der Waals surface area contributed by atoms with Crippen LogP contribution in [0.1, 0.15) is 22.3 Å². The molecule has 3 nitrogen and oxygen atoms in total. The minimum absolute atomic E-state index is 0.813. The smallest absolute Gasteiger partial charge is 0.127 e. The zero-order chi connectivity index (χ0) is 27.7. The Balaban J connectivity index is 1.03. The van der Waals surface area contributed by atoms with Crippen molar-refractivity contribution in [2.75, 3.05) is 0 Å². The summed E-state index contributed by atoms with van der Waals surface area (Å²) in [6.45, 7) is 0. The molecule has 0 bridgehead atoms. The Morgan fingerprint density at radius 1 is 0.268 bits per heavy atom. The second-order valence-corrected chi connectivity index (χ2v) is 9.87. The van der Waals surface area contributed by atoms with E-state index in [2.05, 4.69) is 48.5 Å². The van der Waals surface area contributed by atoms with Crippen LogP contribution in [0.2, 0.25) is 0 Å². The lowest BCUT2D eigenvalue weighted by Crippen LogP contribution is -1.92. The summed E-state index contributed by atoms with van der Waals surface area (Å²) < 4.78 is 18.1. The Morgan fingerprint density at radius 2 is 0.610 bits per heavy atom. The van der Waals surface area contributed by atoms with E-state index in [1.165, 1.54) is 22.3 Å². The highest BCUT2D eigenvalue weighted by Gasteiger charge is 2.05. The van der Waals surface area contributed by atoms with Gasteiger partial charge >= 0.3 is 0 Å². The van der Waals surface area contributed by atoms with Crippen molar-refractivity contribution in [3.8, 4) is 34.5 Å². The van der Waals surface area contributed by atoms with E-state index in [1.807, 2.05) is 109 Å². The van der Waals surface area contributed by atoms with Crippen LogP contribution in [0.3, 0.4) is 0 Å². The van der Waals surface area contributed by atoms with Crippen molar-refractivity contribution in [2.45, 2.75) is 12.8 Å². The van der Waals surface area contributed by atoms with Gasteiger partial charge < -0.3 is 14.2 Å². The maximum atomic E-state index is 6.12. The first kappa shape index (κ1) is 26.0. The standard InChI is InChI=1S/C38H30O3/c1-3-11-33(12-4-1)40-37-15-7-9-31(27-37)25-29-17-21-35(22-18-29)39-36-23-19-30(20-24-36)26-32-10-8-16-38(28-32)41-34-13-5-2-6-14-34/h1-24,27-28H,25-26H2. The first-order chi connectivity index (χ1) is 20.2. The minimum atomic E-state index is 0.813. The summed E-state index contributed by atoms with van der Waals surface area (Å²) in [4.78, 5) is 0. The average molecular weight is 535 g/mol. The van der Waals surface area contributed by atoms with Crippen molar-refractivity contribution in [1.82, 2.24) is 0 Å². The molecule has 41 heavy (non-hydrogen) atoms. The first-order valence-corrected chi connectivity index (χ1v) is 13.7. The molecule has 0 aliphatic heterocycles. The summed E-state index contributed by atoms with van der Waals surface area (Å²) in [6.07, 6.45) is 1.64. The highest BCUT2D eigenvalue weighted by atomic mass is 16.5. The Hall–Kier alpha value is -5.28. The Kier molecular flexibility index (Phi) is 8.05. The molecule has 0 spiro atoms. The molecule has 6 aromatic carbocycles. The van der Waals surface area contributed by atoms with Crippen molar-refractivity contribution < 1.29 is 14.2 Å². The van der Waals surface area contributed by atoms with Crippen LogP contribution in [0.25, 0.3) is 0 Å². The van der Waals surface area contributed by atoms with Gasteiger partial charge in [0.15, 0.2) is 0 Å². The van der Waals surface area contributed by atoms with Crippen LogP contribution in [0, 0.1) is 0 Å². The zero-order valence-electron chi connectivity index (χ0n) is 22.7. The minimum Gasteiger partial charge on any atom is -0.457 e. The quantitative estimate of drug-likeness (QED) is 0.175. The van der Waals surface area contributed by atoms with Gasteiger partial charge in [0, 0.05) is 0 Å². The van der Waals surface area contributed by atoms with Crippen LogP contribution in [0.15, 0.2) is 158 Å². The number of para-hydroxylation sites is 2. The molecule has 0 atom stereocenters. The molecule has 0 aliphatic rings. The predicted octanol–water partition coefficient (Wildman–Crippen LogP) is 10.2. The van der Waals surface area contributed by atoms with Crippen LogP contribution >= 0.6 is 0 Å². The number of rotatable bonds is 10. The van der Waals surface area contributed by atoms with E-state index in [1.54, 1.807) is 0 Å². The summed E-state index contributed by atoms with van der Waals surface area (Å²) in [6, 6.07) is 52.7. The van der Waals surface area contributed by atoms with Crippen molar-refractivity contribution >= 4 is 0 Å². The van der Waals surface area contributed by atoms with Gasteiger partial charge in [0.1, 0.15) is 34.5 Å². The fourth-order valence-electron chi connectivity index (χ4n) is 4.65. The van der Waals surface area contributed by atoms with Gasteiger partial charge in [-0.2, -0.15) is 0 Å². The monoisotopic (exact) mass is 534 g/mol. The third-order valence-electron chi connectivity index (χ3n) is 6.65. The summed E-state index contributed by atoms with van der Waals surface area (Å²) in [7, 11) is 0. The molecule has 6 rings (SSSR count). The SMILES string of the molecule is c1ccc(Oc2cccc(Cc3ccc(Oc4ccc(Cc5cccc(Oc6ccccc6)c5)cc4)cc3)c2)cc1. The third kappa shape index (κ3) is 7.43. The number of benzene rings is 6. The molecular weight excluding hydrogens is 504 g/mol. The van der Waals surface area contributed by atoms with E-state index >= 15 is 0 Å². The number of hydrogen-bond acceptors (Lipinski definition) is 3. The largest absolute Gasteiger partial charge is 0.457 e. The van der Waals surface area contributed by atoms with E-state index in [-0.39, 0.29) is 0 Å². The van der Waals surface area contributed by atoms with Crippen molar-refractivity contribution in [2.24, 2.45) is 0 Å². The van der Waals surface area contributed by atoms with Crippen LogP contribution in [0.4, 0.5) is 0 Å². The van der Waals surface area contributed by atoms with Crippen molar-refractivity contribution in [3.05, 3.63) is 180 Å². The van der Waals surface area contributed by atoms with Crippen LogP contribution in [-0.2, 0) is 12.8 Å². The van der Waals surface area contributed by atoms with Crippen LogP contribution < -0.4 is 14.2 Å². The molecule has 0 N–H and O–H groups in total. The topological polar surface area (TPSA) is 27.7 Å². The third-order valence-corrected chi connectivity index (χ3v) is 6.65. The van der Waals surface area contributed by atoms with E-state index in [4.69, 9.17) is 14.2 Å². The van der Waals surface area contributed by atoms with Gasteiger partial charge in [0.2, 0.25) is 0 Å². The number of hydrogen-bond donors (Lipinski definition) is 0. The Bertz CT molecular complexity index is 1550. The maximum absolute atomic E-state index is 6.12. The molecule has 0 aromatic heterocycles. The van der Waals surface area contributed by atoms with Gasteiger partial charge in [-0.25, -0.2) is 0 Å². The summed E-state index contributed by atoms with van der Waals surface area (Å²) in [5, 5.41) is 0. The second kappa shape index (κ2) is 12.7. The predicted molar refractivity (Wildman–Crippen MR) is 164 cm³/mol. The zero-order valence-corrected chi connectivity index (χ0v) is 22.7. The van der Waals surface area contributed by atoms with Gasteiger partial charge in [0.05, 0.1) is 0 Å². The number of ether oxygens (including phenoxy) is 3. The molecule has 6 aromatic rings. The maximum Gasteiger partial charge on any atom is 0.127 e. The van der Waals surface area contributed by atoms with Gasteiger partial charge in [-0.05, 0) is 108 Å². The highest BCUT2D eigenvalue weighted by Crippen LogP contribution is 2.27. The Labute approximate surface area is 241 Å². The second-order valence-electron chi connectivity index (χ2n) is 9.87. The fourth-order valence-corrected chi connectivity index (χ4v) is 4.65. The van der Waals surface area contributed by atoms with Gasteiger partial charge in [-0.15, -0.1) is 0 Å². The molecule has 0 fully saturated rings. The molecule has 3 heteroatoms. The lowest BCUT2D eigenvalue weighted by atomic mass is 10.0. The van der Waals surface area contributed by atoms with Crippen LogP contribution in [-0.4, -0.2) is 0 Å². The molecule has 200 valence electrons. The van der Waals surface area contributed by atoms with Crippen LogP contribution in [0.5, 0.6) is 34.5 Å². The normalized spacial score (nSPS) is 10.6. The molecule has 0 unspecified atom stereocenters. The van der Waals surface area contributed by atoms with Gasteiger partial charge in [-0.1, -0.05) is 84.9 Å². The summed E-state index contributed by atoms with van der Waals surface area (Å²) >= 11 is 0. The lowest BCUT2D eigenvalue weighted by molar-refractivity contribution is 0.481. The van der Waals surface area contributed by atoms with Gasteiger partial charge in [0.25, 0.3) is 0 Å². The van der Waals surface area contributed by atoms with E-state index < -0.39 is 0 Å². The van der Waals surface area contributed by atoms with Crippen molar-refractivity contribution in [1.29, 1.82) is 0 Å². The molecule has 0 aliphatic carbocycles.